The molecule has 0 aliphatic rings. The van der Waals surface area contributed by atoms with Crippen LogP contribution in [-0.2, 0) is 9.13 Å². The van der Waals surface area contributed by atoms with Gasteiger partial charge < -0.3 is 29.8 Å². The van der Waals surface area contributed by atoms with Crippen LogP contribution in [0, 0.1) is 0 Å². The van der Waals surface area contributed by atoms with E-state index >= 15 is 0 Å². The molecule has 0 radical (unpaired) electrons. The van der Waals surface area contributed by atoms with Gasteiger partial charge in [-0.05, 0) is 13.8 Å². The van der Waals surface area contributed by atoms with Crippen molar-refractivity contribution in [1.29, 1.82) is 0 Å². The molecule has 0 aromatic rings. The first-order valence-electron chi connectivity index (χ1n) is 3.31. The number of rotatable bonds is 3. The van der Waals surface area contributed by atoms with E-state index in [4.69, 9.17) is 19.6 Å². The summed E-state index contributed by atoms with van der Waals surface area (Å²) in [4.78, 5) is 34.4. The quantitative estimate of drug-likeness (QED) is 0.339. The molecule has 0 rings (SSSR count). The van der Waals surface area contributed by atoms with Crippen molar-refractivity contribution in [3.05, 3.63) is 0 Å². The Morgan fingerprint density at radius 2 is 0.929 bits per heavy atom. The minimum absolute atomic E-state index is 0.451. The molecule has 86 valence electrons. The summed E-state index contributed by atoms with van der Waals surface area (Å²) in [7, 11) is -10.5. The summed E-state index contributed by atoms with van der Waals surface area (Å²) < 4.78 is 21.4. The Balaban J connectivity index is 5.54. The van der Waals surface area contributed by atoms with Crippen LogP contribution >= 0.6 is 15.2 Å². The third-order valence-corrected chi connectivity index (χ3v) is 5.35. The van der Waals surface area contributed by atoms with E-state index in [-0.39, 0.29) is 0 Å². The average Bonchev–Trinajstić information content (AvgIpc) is 1.81. The van der Waals surface area contributed by atoms with Crippen LogP contribution in [0.2, 0.25) is 0 Å². The van der Waals surface area contributed by atoms with Gasteiger partial charge in [-0.1, -0.05) is 0 Å². The summed E-state index contributed by atoms with van der Waals surface area (Å²) in [5.74, 6) is 0. The Bertz CT molecular complexity index is 275. The molecule has 0 bridgehead atoms. The molecule has 2 atom stereocenters. The van der Waals surface area contributed by atoms with E-state index in [1.165, 1.54) is 0 Å². The maximum Gasteiger partial charge on any atom is 0.360 e. The zero-order valence-corrected chi connectivity index (χ0v) is 9.18. The van der Waals surface area contributed by atoms with Gasteiger partial charge in [-0.3, -0.25) is 9.13 Å². The number of aliphatic hydroxyl groups is 2. The van der Waals surface area contributed by atoms with Gasteiger partial charge in [-0.25, -0.2) is 0 Å². The van der Waals surface area contributed by atoms with Gasteiger partial charge in [0.15, 0.2) is 0 Å². The van der Waals surface area contributed by atoms with E-state index in [9.17, 15) is 19.3 Å². The van der Waals surface area contributed by atoms with Crippen LogP contribution in [-0.4, -0.2) is 40.5 Å². The highest BCUT2D eigenvalue weighted by Crippen LogP contribution is 2.64. The average molecular weight is 250 g/mol. The highest BCUT2D eigenvalue weighted by Gasteiger charge is 2.63. The normalized spacial score (nSPS) is 22.6. The molecule has 0 saturated carbocycles. The van der Waals surface area contributed by atoms with Crippen LogP contribution in [0.15, 0.2) is 0 Å². The van der Waals surface area contributed by atoms with Crippen molar-refractivity contribution in [1.82, 2.24) is 0 Å². The zero-order valence-electron chi connectivity index (χ0n) is 7.39. The minimum atomic E-state index is -5.27. The lowest BCUT2D eigenvalue weighted by Gasteiger charge is -2.37. The smallest absolute Gasteiger partial charge is 0.360 e. The molecular formula is C4H12O8P2. The molecule has 0 aromatic carbocycles. The monoisotopic (exact) mass is 250 g/mol. The maximum absolute atomic E-state index is 10.7. The van der Waals surface area contributed by atoms with Gasteiger partial charge in [-0.15, -0.1) is 0 Å². The van der Waals surface area contributed by atoms with Gasteiger partial charge in [-0.2, -0.15) is 0 Å². The fourth-order valence-electron chi connectivity index (χ4n) is 0.552. The first-order valence-corrected chi connectivity index (χ1v) is 6.53. The summed E-state index contributed by atoms with van der Waals surface area (Å²) in [6.07, 6.45) is 0. The van der Waals surface area contributed by atoms with Crippen molar-refractivity contribution in [3.63, 3.8) is 0 Å². The third kappa shape index (κ3) is 2.08. The van der Waals surface area contributed by atoms with Gasteiger partial charge in [0.05, 0.1) is 0 Å². The van der Waals surface area contributed by atoms with Crippen molar-refractivity contribution in [3.8, 4) is 0 Å². The van der Waals surface area contributed by atoms with Crippen molar-refractivity contribution >= 4 is 15.2 Å². The Morgan fingerprint density at radius 1 is 0.786 bits per heavy atom. The summed E-state index contributed by atoms with van der Waals surface area (Å²) >= 11 is 0. The van der Waals surface area contributed by atoms with E-state index in [0.717, 1.165) is 0 Å². The molecule has 14 heavy (non-hydrogen) atoms. The molecule has 0 amide bonds. The van der Waals surface area contributed by atoms with Crippen LogP contribution in [0.1, 0.15) is 13.8 Å². The van der Waals surface area contributed by atoms with Gasteiger partial charge >= 0.3 is 15.2 Å². The van der Waals surface area contributed by atoms with Crippen molar-refractivity contribution in [2.45, 2.75) is 24.5 Å². The van der Waals surface area contributed by atoms with E-state index < -0.39 is 25.9 Å². The van der Waals surface area contributed by atoms with Crippen LogP contribution in [0.25, 0.3) is 0 Å². The molecule has 0 saturated heterocycles. The Hall–Kier alpha value is 0.220. The predicted octanol–water partition coefficient (Wildman–Crippen LogP) is -1.24. The van der Waals surface area contributed by atoms with Crippen molar-refractivity contribution in [2.75, 3.05) is 0 Å². The van der Waals surface area contributed by atoms with Crippen molar-refractivity contribution < 1.29 is 38.9 Å². The van der Waals surface area contributed by atoms with Crippen LogP contribution in [0.5, 0.6) is 0 Å². The molecule has 10 heteroatoms. The lowest BCUT2D eigenvalue weighted by molar-refractivity contribution is -0.0510. The molecule has 0 fully saturated rings. The van der Waals surface area contributed by atoms with Crippen molar-refractivity contribution in [2.24, 2.45) is 0 Å². The van der Waals surface area contributed by atoms with Gasteiger partial charge in [0.25, 0.3) is 0 Å². The Morgan fingerprint density at radius 3 is 1.00 bits per heavy atom. The predicted molar refractivity (Wildman–Crippen MR) is 45.3 cm³/mol. The first kappa shape index (κ1) is 14.2. The number of hydrogen-bond acceptors (Lipinski definition) is 4. The fraction of sp³-hybridized carbons (Fsp3) is 1.00. The number of hydrogen-bond donors (Lipinski definition) is 6. The highest BCUT2D eigenvalue weighted by atomic mass is 31.2. The second kappa shape index (κ2) is 3.37. The standard InChI is InChI=1S/C4H12O8P2/c1-3(5,13(7,8)9)4(2,6)14(10,11)12/h5-6H,1-2H3,(H2,7,8,9)(H2,10,11,12). The summed E-state index contributed by atoms with van der Waals surface area (Å²) in [6, 6.07) is 0. The molecule has 0 spiro atoms. The lowest BCUT2D eigenvalue weighted by Crippen LogP contribution is -2.49. The summed E-state index contributed by atoms with van der Waals surface area (Å²) in [6.45, 7) is 0.903. The molecule has 0 aromatic heterocycles. The largest absolute Gasteiger partial charge is 0.375 e. The lowest BCUT2D eigenvalue weighted by atomic mass is 10.2. The van der Waals surface area contributed by atoms with Gasteiger partial charge in [0.1, 0.15) is 0 Å². The van der Waals surface area contributed by atoms with E-state index in [0.29, 0.717) is 13.8 Å². The molecule has 0 aliphatic heterocycles. The van der Waals surface area contributed by atoms with E-state index in [1.807, 2.05) is 0 Å². The first-order chi connectivity index (χ1) is 5.75. The van der Waals surface area contributed by atoms with E-state index in [2.05, 4.69) is 0 Å². The van der Waals surface area contributed by atoms with Crippen LogP contribution in [0.3, 0.4) is 0 Å². The highest BCUT2D eigenvalue weighted by molar-refractivity contribution is 7.58. The summed E-state index contributed by atoms with van der Waals surface area (Å²) in [5.41, 5.74) is 0. The second-order valence-electron chi connectivity index (χ2n) is 3.13. The van der Waals surface area contributed by atoms with E-state index in [1.54, 1.807) is 0 Å². The Labute approximate surface area is 79.5 Å². The topological polar surface area (TPSA) is 156 Å². The molecular weight excluding hydrogens is 238 g/mol. The zero-order chi connectivity index (χ0) is 12.0. The van der Waals surface area contributed by atoms with Gasteiger partial charge in [0.2, 0.25) is 10.7 Å². The second-order valence-corrected chi connectivity index (χ2v) is 7.05. The molecule has 2 unspecified atom stereocenters. The molecule has 0 heterocycles. The molecule has 0 aliphatic carbocycles. The maximum atomic E-state index is 10.7. The van der Waals surface area contributed by atoms with Gasteiger partial charge in [0, 0.05) is 0 Å². The summed E-state index contributed by atoms with van der Waals surface area (Å²) in [5, 5.41) is 12.0. The Kier molecular flexibility index (Phi) is 3.42. The third-order valence-electron chi connectivity index (χ3n) is 2.03. The fourth-order valence-corrected chi connectivity index (χ4v) is 2.44. The molecule has 6 N–H and O–H groups in total. The molecule has 8 nitrogen and oxygen atoms in total. The minimum Gasteiger partial charge on any atom is -0.375 e. The SMILES string of the molecule is CC(O)(C(C)(O)P(=O)(O)O)P(=O)(O)O. The van der Waals surface area contributed by atoms with Crippen LogP contribution in [0.4, 0.5) is 0 Å². The van der Waals surface area contributed by atoms with Crippen LogP contribution < -0.4 is 0 Å².